The van der Waals surface area contributed by atoms with Crippen LogP contribution in [0.5, 0.6) is 0 Å². The van der Waals surface area contributed by atoms with E-state index in [0.29, 0.717) is 12.0 Å². The number of carbonyl (C=O) groups excluding carboxylic acids is 1. The van der Waals surface area contributed by atoms with Gasteiger partial charge in [0, 0.05) is 12.6 Å². The molecule has 2 N–H and O–H groups in total. The predicted molar refractivity (Wildman–Crippen MR) is 78.2 cm³/mol. The number of urea groups is 1. The highest BCUT2D eigenvalue weighted by Gasteiger charge is 2.19. The van der Waals surface area contributed by atoms with Crippen molar-refractivity contribution in [3.8, 4) is 0 Å². The van der Waals surface area contributed by atoms with E-state index in [2.05, 4.69) is 22.5 Å². The van der Waals surface area contributed by atoms with Crippen LogP contribution < -0.4 is 10.6 Å². The number of hydrogen-bond acceptors (Lipinski definition) is 2. The molecule has 2 rings (SSSR count). The van der Waals surface area contributed by atoms with Crippen LogP contribution in [0, 0.1) is 5.92 Å². The smallest absolute Gasteiger partial charge is 0.315 e. The molecule has 2 aliphatic rings. The number of likely N-dealkylation sites (tertiary alicyclic amines) is 1. The maximum Gasteiger partial charge on any atom is 0.315 e. The molecule has 0 aromatic rings. The maximum atomic E-state index is 11.8. The Kier molecular flexibility index (Phi) is 5.95. The fraction of sp³-hybridized carbons (Fsp3) is 0.933. The predicted octanol–water partition coefficient (Wildman–Crippen LogP) is 2.35. The number of hydrogen-bond donors (Lipinski definition) is 2. The second kappa shape index (κ2) is 7.73. The van der Waals surface area contributed by atoms with Gasteiger partial charge in [-0.05, 0) is 51.2 Å². The Hall–Kier alpha value is -0.770. The first-order chi connectivity index (χ1) is 9.28. The van der Waals surface area contributed by atoms with Gasteiger partial charge < -0.3 is 15.5 Å². The molecule has 2 amide bonds. The molecule has 2 fully saturated rings. The average molecular weight is 267 g/mol. The highest BCUT2D eigenvalue weighted by atomic mass is 16.2. The fourth-order valence-electron chi connectivity index (χ4n) is 3.23. The molecule has 1 saturated carbocycles. The Morgan fingerprint density at radius 1 is 1.11 bits per heavy atom. The number of nitrogens with one attached hydrogen (secondary N) is 2. The summed E-state index contributed by atoms with van der Waals surface area (Å²) >= 11 is 0. The molecule has 1 saturated heterocycles. The van der Waals surface area contributed by atoms with E-state index in [1.54, 1.807) is 0 Å². The Morgan fingerprint density at radius 2 is 1.79 bits per heavy atom. The molecular weight excluding hydrogens is 238 g/mol. The molecule has 0 atom stereocenters. The highest BCUT2D eigenvalue weighted by molar-refractivity contribution is 5.74. The van der Waals surface area contributed by atoms with Crippen molar-refractivity contribution in [2.45, 2.75) is 57.9 Å². The lowest BCUT2D eigenvalue weighted by Gasteiger charge is -2.31. The largest absolute Gasteiger partial charge is 0.338 e. The first-order valence-corrected chi connectivity index (χ1v) is 8.04. The van der Waals surface area contributed by atoms with Gasteiger partial charge in [-0.3, -0.25) is 0 Å². The second-order valence-electron chi connectivity index (χ2n) is 6.07. The molecule has 0 aromatic carbocycles. The lowest BCUT2D eigenvalue weighted by molar-refractivity contribution is 0.187. The zero-order chi connectivity index (χ0) is 13.5. The van der Waals surface area contributed by atoms with E-state index in [1.807, 2.05) is 0 Å². The molecule has 1 heterocycles. The topological polar surface area (TPSA) is 44.4 Å². The summed E-state index contributed by atoms with van der Waals surface area (Å²) in [7, 11) is 0. The molecule has 1 aliphatic carbocycles. The Bertz CT molecular complexity index is 269. The third-order valence-electron chi connectivity index (χ3n) is 4.65. The molecular formula is C15H29N3O. The summed E-state index contributed by atoms with van der Waals surface area (Å²) in [6, 6.07) is 0.459. The number of rotatable bonds is 4. The summed E-state index contributed by atoms with van der Waals surface area (Å²) in [5.74, 6) is 0.667. The van der Waals surface area contributed by atoms with Gasteiger partial charge in [-0.1, -0.05) is 26.2 Å². The minimum Gasteiger partial charge on any atom is -0.338 e. The van der Waals surface area contributed by atoms with E-state index in [9.17, 15) is 4.79 Å². The highest BCUT2D eigenvalue weighted by Crippen LogP contribution is 2.18. The van der Waals surface area contributed by atoms with Crippen molar-refractivity contribution in [2.24, 2.45) is 5.92 Å². The van der Waals surface area contributed by atoms with E-state index in [-0.39, 0.29) is 6.03 Å². The van der Waals surface area contributed by atoms with Gasteiger partial charge in [0.15, 0.2) is 0 Å². The van der Waals surface area contributed by atoms with E-state index in [1.165, 1.54) is 45.2 Å². The maximum absolute atomic E-state index is 11.8. The summed E-state index contributed by atoms with van der Waals surface area (Å²) in [5.41, 5.74) is 0. The normalized spacial score (nSPS) is 23.2. The number of piperidine rings is 1. The molecule has 0 bridgehead atoms. The SMILES string of the molecule is CCN1CCC(CNC(=O)NC2CCCCC2)CC1. The molecule has 4 nitrogen and oxygen atoms in total. The van der Waals surface area contributed by atoms with Crippen molar-refractivity contribution in [1.82, 2.24) is 15.5 Å². The standard InChI is InChI=1S/C15H29N3O/c1-2-18-10-8-13(9-11-18)12-16-15(19)17-14-6-4-3-5-7-14/h13-14H,2-12H2,1H3,(H2,16,17,19). The van der Waals surface area contributed by atoms with Crippen molar-refractivity contribution in [1.29, 1.82) is 0 Å². The number of carbonyl (C=O) groups is 1. The van der Waals surface area contributed by atoms with Gasteiger partial charge in [-0.15, -0.1) is 0 Å². The summed E-state index contributed by atoms with van der Waals surface area (Å²) < 4.78 is 0. The first kappa shape index (κ1) is 14.6. The molecule has 0 radical (unpaired) electrons. The van der Waals surface area contributed by atoms with Crippen LogP contribution in [0.25, 0.3) is 0 Å². The van der Waals surface area contributed by atoms with E-state index >= 15 is 0 Å². The monoisotopic (exact) mass is 267 g/mol. The molecule has 110 valence electrons. The second-order valence-corrected chi connectivity index (χ2v) is 6.07. The van der Waals surface area contributed by atoms with Crippen molar-refractivity contribution in [3.05, 3.63) is 0 Å². The van der Waals surface area contributed by atoms with Gasteiger partial charge in [-0.2, -0.15) is 0 Å². The molecule has 0 unspecified atom stereocenters. The van der Waals surface area contributed by atoms with Gasteiger partial charge in [0.25, 0.3) is 0 Å². The minimum atomic E-state index is 0.0461. The summed E-state index contributed by atoms with van der Waals surface area (Å²) in [5, 5.41) is 6.18. The van der Waals surface area contributed by atoms with Crippen molar-refractivity contribution >= 4 is 6.03 Å². The Balaban J connectivity index is 1.58. The van der Waals surface area contributed by atoms with Crippen LogP contribution in [0.4, 0.5) is 4.79 Å². The third kappa shape index (κ3) is 5.01. The zero-order valence-electron chi connectivity index (χ0n) is 12.3. The average Bonchev–Trinajstić information content (AvgIpc) is 2.47. The van der Waals surface area contributed by atoms with Crippen molar-refractivity contribution in [2.75, 3.05) is 26.2 Å². The van der Waals surface area contributed by atoms with Gasteiger partial charge in [0.2, 0.25) is 0 Å². The Morgan fingerprint density at radius 3 is 2.42 bits per heavy atom. The molecule has 1 aliphatic heterocycles. The van der Waals surface area contributed by atoms with E-state index in [0.717, 1.165) is 25.9 Å². The van der Waals surface area contributed by atoms with Crippen LogP contribution in [-0.2, 0) is 0 Å². The summed E-state index contributed by atoms with van der Waals surface area (Å²) in [6.45, 7) is 6.59. The van der Waals surface area contributed by atoms with Crippen LogP contribution in [0.3, 0.4) is 0 Å². The molecule has 4 heteroatoms. The quantitative estimate of drug-likeness (QED) is 0.821. The van der Waals surface area contributed by atoms with Crippen LogP contribution >= 0.6 is 0 Å². The van der Waals surface area contributed by atoms with Crippen LogP contribution in [0.2, 0.25) is 0 Å². The number of nitrogens with zero attached hydrogens (tertiary/aromatic N) is 1. The molecule has 19 heavy (non-hydrogen) atoms. The minimum absolute atomic E-state index is 0.0461. The van der Waals surface area contributed by atoms with Gasteiger partial charge in [0.05, 0.1) is 0 Å². The van der Waals surface area contributed by atoms with Gasteiger partial charge in [-0.25, -0.2) is 4.79 Å². The van der Waals surface area contributed by atoms with Crippen molar-refractivity contribution < 1.29 is 4.79 Å². The van der Waals surface area contributed by atoms with Crippen LogP contribution in [0.1, 0.15) is 51.9 Å². The van der Waals surface area contributed by atoms with E-state index in [4.69, 9.17) is 0 Å². The van der Waals surface area contributed by atoms with Gasteiger partial charge >= 0.3 is 6.03 Å². The number of amides is 2. The third-order valence-corrected chi connectivity index (χ3v) is 4.65. The van der Waals surface area contributed by atoms with Crippen molar-refractivity contribution in [3.63, 3.8) is 0 Å². The zero-order valence-corrected chi connectivity index (χ0v) is 12.3. The molecule has 0 spiro atoms. The van der Waals surface area contributed by atoms with Gasteiger partial charge in [0.1, 0.15) is 0 Å². The first-order valence-electron chi connectivity index (χ1n) is 8.04. The van der Waals surface area contributed by atoms with E-state index < -0.39 is 0 Å². The summed E-state index contributed by atoms with van der Waals surface area (Å²) in [6.07, 6.45) is 8.61. The lowest BCUT2D eigenvalue weighted by Crippen LogP contribution is -2.45. The Labute approximate surface area is 117 Å². The van der Waals surface area contributed by atoms with Crippen LogP contribution in [0.15, 0.2) is 0 Å². The molecule has 0 aromatic heterocycles. The van der Waals surface area contributed by atoms with Crippen LogP contribution in [-0.4, -0.2) is 43.2 Å². The lowest BCUT2D eigenvalue weighted by atomic mass is 9.95. The summed E-state index contributed by atoms with van der Waals surface area (Å²) in [4.78, 5) is 14.3. The fourth-order valence-corrected chi connectivity index (χ4v) is 3.23.